The summed E-state index contributed by atoms with van der Waals surface area (Å²) in [6.07, 6.45) is 2.04. The van der Waals surface area contributed by atoms with Crippen molar-refractivity contribution in [2.45, 2.75) is 23.8 Å². The number of sulfonamides is 1. The smallest absolute Gasteiger partial charge is 0.269 e. The summed E-state index contributed by atoms with van der Waals surface area (Å²) in [7, 11) is -3.62. The molecule has 1 aliphatic heterocycles. The van der Waals surface area contributed by atoms with Crippen molar-refractivity contribution < 1.29 is 13.3 Å². The minimum atomic E-state index is -3.62. The molecule has 2 aliphatic rings. The number of hydrogen-bond acceptors (Lipinski definition) is 5. The summed E-state index contributed by atoms with van der Waals surface area (Å²) in [5, 5.41) is 10.7. The Hall–Kier alpha value is -2.29. The highest BCUT2D eigenvalue weighted by atomic mass is 32.2. The van der Waals surface area contributed by atoms with Crippen LogP contribution >= 0.6 is 0 Å². The first-order chi connectivity index (χ1) is 12.9. The number of piperazine rings is 1. The van der Waals surface area contributed by atoms with Gasteiger partial charge >= 0.3 is 0 Å². The lowest BCUT2D eigenvalue weighted by Gasteiger charge is -2.37. The molecule has 1 saturated heterocycles. The first kappa shape index (κ1) is 18.1. The van der Waals surface area contributed by atoms with Crippen molar-refractivity contribution in [1.29, 1.82) is 0 Å². The van der Waals surface area contributed by atoms with Gasteiger partial charge in [-0.2, -0.15) is 4.31 Å². The molecule has 0 aromatic heterocycles. The molecule has 142 valence electrons. The first-order valence-corrected chi connectivity index (χ1v) is 10.4. The van der Waals surface area contributed by atoms with Crippen LogP contribution in [0.25, 0.3) is 0 Å². The second-order valence-corrected chi connectivity index (χ2v) is 8.96. The van der Waals surface area contributed by atoms with Crippen molar-refractivity contribution in [3.63, 3.8) is 0 Å². The van der Waals surface area contributed by atoms with E-state index in [1.165, 1.54) is 39.7 Å². The van der Waals surface area contributed by atoms with Crippen molar-refractivity contribution in [1.82, 2.24) is 9.21 Å². The van der Waals surface area contributed by atoms with E-state index in [2.05, 4.69) is 29.2 Å². The molecule has 2 aromatic rings. The quantitative estimate of drug-likeness (QED) is 0.592. The van der Waals surface area contributed by atoms with E-state index in [9.17, 15) is 18.5 Å². The Balaban J connectivity index is 1.41. The number of rotatable bonds is 4. The van der Waals surface area contributed by atoms with Gasteiger partial charge in [-0.15, -0.1) is 0 Å². The molecule has 8 heteroatoms. The number of nitrogens with zero attached hydrogens (tertiary/aromatic N) is 3. The average molecular weight is 387 g/mol. The van der Waals surface area contributed by atoms with Crippen LogP contribution in [0.3, 0.4) is 0 Å². The molecule has 0 bridgehead atoms. The minimum Gasteiger partial charge on any atom is -0.297 e. The van der Waals surface area contributed by atoms with Crippen LogP contribution in [-0.2, 0) is 22.9 Å². The fourth-order valence-electron chi connectivity index (χ4n) is 3.99. The number of non-ortho nitro benzene ring substituents is 1. The molecule has 1 heterocycles. The van der Waals surface area contributed by atoms with Crippen LogP contribution in [-0.4, -0.2) is 54.8 Å². The molecule has 0 spiro atoms. The second-order valence-electron chi connectivity index (χ2n) is 7.02. The maximum atomic E-state index is 12.8. The predicted octanol–water partition coefficient (Wildman–Crippen LogP) is 2.07. The third kappa shape index (κ3) is 3.47. The summed E-state index contributed by atoms with van der Waals surface area (Å²) in [4.78, 5) is 12.7. The predicted molar refractivity (Wildman–Crippen MR) is 101 cm³/mol. The zero-order valence-corrected chi connectivity index (χ0v) is 15.6. The average Bonchev–Trinajstić information content (AvgIpc) is 3.12. The number of hydrogen-bond donors (Lipinski definition) is 0. The number of fused-ring (bicyclic) bond motifs is 1. The van der Waals surface area contributed by atoms with E-state index in [-0.39, 0.29) is 10.6 Å². The van der Waals surface area contributed by atoms with Crippen LogP contribution in [0.5, 0.6) is 0 Å². The van der Waals surface area contributed by atoms with E-state index < -0.39 is 14.9 Å². The van der Waals surface area contributed by atoms with Gasteiger partial charge in [0.05, 0.1) is 9.82 Å². The Morgan fingerprint density at radius 3 is 1.96 bits per heavy atom. The van der Waals surface area contributed by atoms with Gasteiger partial charge in [0, 0.05) is 44.4 Å². The molecule has 0 saturated carbocycles. The highest BCUT2D eigenvalue weighted by molar-refractivity contribution is 7.89. The second kappa shape index (κ2) is 7.03. The standard InChI is InChI=1S/C19H21N3O4S/c23-22(24)17-5-7-19(8-6-17)27(25,26)21-11-9-20(10-12-21)18-13-15-3-1-2-4-16(15)14-18/h1-8,18H,9-14H2. The number of nitro benzene ring substituents is 1. The van der Waals surface area contributed by atoms with Gasteiger partial charge in [0.2, 0.25) is 10.0 Å². The Bertz CT molecular complexity index is 926. The largest absolute Gasteiger partial charge is 0.297 e. The van der Waals surface area contributed by atoms with E-state index in [4.69, 9.17) is 0 Å². The summed E-state index contributed by atoms with van der Waals surface area (Å²) < 4.78 is 27.1. The monoisotopic (exact) mass is 387 g/mol. The molecule has 7 nitrogen and oxygen atoms in total. The van der Waals surface area contributed by atoms with Crippen LogP contribution in [0, 0.1) is 10.1 Å². The summed E-state index contributed by atoms with van der Waals surface area (Å²) in [6.45, 7) is 2.27. The molecule has 4 rings (SSSR count). The summed E-state index contributed by atoms with van der Waals surface area (Å²) in [5.41, 5.74) is 2.67. The molecule has 2 aromatic carbocycles. The third-order valence-electron chi connectivity index (χ3n) is 5.50. The van der Waals surface area contributed by atoms with Crippen molar-refractivity contribution in [2.24, 2.45) is 0 Å². The van der Waals surface area contributed by atoms with Gasteiger partial charge in [-0.05, 0) is 36.1 Å². The lowest BCUT2D eigenvalue weighted by atomic mass is 10.1. The molecular weight excluding hydrogens is 366 g/mol. The molecule has 27 heavy (non-hydrogen) atoms. The fourth-order valence-corrected chi connectivity index (χ4v) is 5.41. The number of benzene rings is 2. The Kier molecular flexibility index (Phi) is 4.71. The van der Waals surface area contributed by atoms with Gasteiger partial charge in [0.15, 0.2) is 0 Å². The highest BCUT2D eigenvalue weighted by Crippen LogP contribution is 2.27. The molecule has 0 atom stereocenters. The lowest BCUT2D eigenvalue weighted by Crippen LogP contribution is -2.52. The van der Waals surface area contributed by atoms with Gasteiger partial charge in [0.1, 0.15) is 0 Å². The van der Waals surface area contributed by atoms with E-state index in [0.717, 1.165) is 12.8 Å². The van der Waals surface area contributed by atoms with E-state index >= 15 is 0 Å². The molecule has 0 N–H and O–H groups in total. The van der Waals surface area contributed by atoms with E-state index in [1.54, 1.807) is 0 Å². The zero-order chi connectivity index (χ0) is 19.0. The minimum absolute atomic E-state index is 0.106. The highest BCUT2D eigenvalue weighted by Gasteiger charge is 2.33. The summed E-state index contributed by atoms with van der Waals surface area (Å²) in [6, 6.07) is 14.0. The topological polar surface area (TPSA) is 83.8 Å². The third-order valence-corrected chi connectivity index (χ3v) is 7.42. The van der Waals surface area contributed by atoms with Crippen molar-refractivity contribution in [3.05, 3.63) is 69.8 Å². The Labute approximate surface area is 158 Å². The molecule has 0 radical (unpaired) electrons. The Morgan fingerprint density at radius 1 is 0.889 bits per heavy atom. The molecule has 0 unspecified atom stereocenters. The molecule has 1 fully saturated rings. The van der Waals surface area contributed by atoms with Gasteiger partial charge in [-0.1, -0.05) is 24.3 Å². The zero-order valence-electron chi connectivity index (χ0n) is 14.8. The van der Waals surface area contributed by atoms with Crippen molar-refractivity contribution >= 4 is 15.7 Å². The maximum Gasteiger partial charge on any atom is 0.269 e. The molecule has 1 aliphatic carbocycles. The van der Waals surface area contributed by atoms with Crippen molar-refractivity contribution in [3.8, 4) is 0 Å². The van der Waals surface area contributed by atoms with Gasteiger partial charge < -0.3 is 0 Å². The van der Waals surface area contributed by atoms with Crippen LogP contribution < -0.4 is 0 Å². The molecular formula is C19H21N3O4S. The van der Waals surface area contributed by atoms with Crippen LogP contribution in [0.15, 0.2) is 53.4 Å². The van der Waals surface area contributed by atoms with Gasteiger partial charge in [-0.3, -0.25) is 15.0 Å². The van der Waals surface area contributed by atoms with Crippen LogP contribution in [0.2, 0.25) is 0 Å². The van der Waals surface area contributed by atoms with Crippen LogP contribution in [0.4, 0.5) is 5.69 Å². The lowest BCUT2D eigenvalue weighted by molar-refractivity contribution is -0.384. The number of nitro groups is 1. The molecule has 0 amide bonds. The van der Waals surface area contributed by atoms with E-state index in [1.807, 2.05) is 0 Å². The van der Waals surface area contributed by atoms with Gasteiger partial charge in [-0.25, -0.2) is 8.42 Å². The van der Waals surface area contributed by atoms with Gasteiger partial charge in [0.25, 0.3) is 5.69 Å². The first-order valence-electron chi connectivity index (χ1n) is 9.00. The summed E-state index contributed by atoms with van der Waals surface area (Å²) >= 11 is 0. The normalized spacial score (nSPS) is 19.1. The maximum absolute atomic E-state index is 12.8. The Morgan fingerprint density at radius 2 is 1.44 bits per heavy atom. The van der Waals surface area contributed by atoms with Crippen LogP contribution in [0.1, 0.15) is 11.1 Å². The summed E-state index contributed by atoms with van der Waals surface area (Å²) in [5.74, 6) is 0. The van der Waals surface area contributed by atoms with E-state index in [0.29, 0.717) is 32.2 Å². The fraction of sp³-hybridized carbons (Fsp3) is 0.368. The SMILES string of the molecule is O=[N+]([O-])c1ccc(S(=O)(=O)N2CCN(C3Cc4ccccc4C3)CC2)cc1. The van der Waals surface area contributed by atoms with Crippen molar-refractivity contribution in [2.75, 3.05) is 26.2 Å².